The number of nitro groups is 1. The number of carboxylic acid groups (broad SMARTS) is 1. The number of pyridine rings is 1. The van der Waals surface area contributed by atoms with E-state index < -0.39 is 10.9 Å². The first-order valence-corrected chi connectivity index (χ1v) is 4.98. The Morgan fingerprint density at radius 1 is 1.37 bits per heavy atom. The fourth-order valence-corrected chi connectivity index (χ4v) is 1.69. The number of nitro benzene ring substituents is 1. The molecule has 1 N–H and O–H groups in total. The molecule has 0 aliphatic heterocycles. The minimum Gasteiger partial charge on any atom is -0.480 e. The number of fused-ring (bicyclic) bond motifs is 1. The van der Waals surface area contributed by atoms with Gasteiger partial charge in [-0.25, -0.2) is 0 Å². The summed E-state index contributed by atoms with van der Waals surface area (Å²) >= 11 is 0. The average Bonchev–Trinajstić information content (AvgIpc) is 2.32. The standard InChI is InChI=1S/C11H8N2O5.Na/c14-10-3-4-12(6-11(15)16)9-5-7(13(17)18)1-2-8(9)10;/h1-5H,6H2,(H,15,16);/q;+1. The maximum absolute atomic E-state index is 11.6. The average molecular weight is 271 g/mol. The molecule has 0 unspecified atom stereocenters. The maximum atomic E-state index is 11.6. The number of hydrogen-bond donors (Lipinski definition) is 1. The van der Waals surface area contributed by atoms with E-state index in [9.17, 15) is 19.7 Å². The Bertz CT molecular complexity index is 710. The van der Waals surface area contributed by atoms with Gasteiger partial charge in [0.15, 0.2) is 5.43 Å². The molecular formula is C11H8N2NaO5+. The van der Waals surface area contributed by atoms with E-state index in [0.29, 0.717) is 0 Å². The van der Waals surface area contributed by atoms with Crippen molar-refractivity contribution in [3.05, 3.63) is 50.8 Å². The van der Waals surface area contributed by atoms with Crippen LogP contribution in [0.5, 0.6) is 0 Å². The summed E-state index contributed by atoms with van der Waals surface area (Å²) in [6, 6.07) is 4.97. The zero-order valence-electron chi connectivity index (χ0n) is 10.1. The van der Waals surface area contributed by atoms with Gasteiger partial charge in [0.25, 0.3) is 5.69 Å². The second-order valence-electron chi connectivity index (χ2n) is 3.66. The van der Waals surface area contributed by atoms with Crippen LogP contribution in [0.3, 0.4) is 0 Å². The number of aromatic nitrogens is 1. The van der Waals surface area contributed by atoms with Crippen LogP contribution in [0.25, 0.3) is 10.9 Å². The van der Waals surface area contributed by atoms with Gasteiger partial charge >= 0.3 is 35.5 Å². The Morgan fingerprint density at radius 2 is 2.05 bits per heavy atom. The van der Waals surface area contributed by atoms with Crippen molar-refractivity contribution in [3.8, 4) is 0 Å². The topological polar surface area (TPSA) is 102 Å². The SMILES string of the molecule is O=C(O)Cn1ccc(=O)c2ccc([N+](=O)[O-])cc21.[Na+]. The van der Waals surface area contributed by atoms with Gasteiger partial charge in [-0.2, -0.15) is 0 Å². The number of benzene rings is 1. The van der Waals surface area contributed by atoms with E-state index in [-0.39, 0.29) is 58.1 Å². The summed E-state index contributed by atoms with van der Waals surface area (Å²) < 4.78 is 1.28. The Labute approximate surface area is 128 Å². The van der Waals surface area contributed by atoms with Crippen molar-refractivity contribution in [2.45, 2.75) is 6.54 Å². The summed E-state index contributed by atoms with van der Waals surface area (Å²) in [7, 11) is 0. The fourth-order valence-electron chi connectivity index (χ4n) is 1.69. The largest absolute Gasteiger partial charge is 1.00 e. The number of carboxylic acids is 1. The Kier molecular flexibility index (Phi) is 4.82. The molecule has 92 valence electrons. The summed E-state index contributed by atoms with van der Waals surface area (Å²) in [5.74, 6) is -1.09. The van der Waals surface area contributed by atoms with Crippen LogP contribution in [-0.4, -0.2) is 20.6 Å². The van der Waals surface area contributed by atoms with Gasteiger partial charge < -0.3 is 9.67 Å². The molecule has 1 aromatic heterocycles. The van der Waals surface area contributed by atoms with Crippen LogP contribution in [0.4, 0.5) is 5.69 Å². The molecule has 0 aliphatic rings. The first kappa shape index (κ1) is 15.4. The van der Waals surface area contributed by atoms with Crippen LogP contribution in [0.15, 0.2) is 35.3 Å². The predicted octanol–water partition coefficient (Wildman–Crippen LogP) is -2.00. The Morgan fingerprint density at radius 3 is 2.63 bits per heavy atom. The molecule has 0 amide bonds. The number of rotatable bonds is 3. The van der Waals surface area contributed by atoms with Crippen molar-refractivity contribution in [2.75, 3.05) is 0 Å². The van der Waals surface area contributed by atoms with E-state index in [0.717, 1.165) is 0 Å². The second kappa shape index (κ2) is 5.96. The summed E-state index contributed by atoms with van der Waals surface area (Å²) in [5, 5.41) is 19.7. The molecule has 2 rings (SSSR count). The minimum atomic E-state index is -1.09. The first-order valence-electron chi connectivity index (χ1n) is 4.98. The predicted molar refractivity (Wildman–Crippen MR) is 62.5 cm³/mol. The third-order valence-electron chi connectivity index (χ3n) is 2.48. The zero-order valence-corrected chi connectivity index (χ0v) is 12.1. The number of aliphatic carboxylic acids is 1. The minimum absolute atomic E-state index is 0. The molecule has 0 bridgehead atoms. The van der Waals surface area contributed by atoms with E-state index in [4.69, 9.17) is 5.11 Å². The molecule has 8 heteroatoms. The maximum Gasteiger partial charge on any atom is 1.00 e. The van der Waals surface area contributed by atoms with Gasteiger partial charge in [-0.05, 0) is 6.07 Å². The Hall–Kier alpha value is -1.70. The van der Waals surface area contributed by atoms with Gasteiger partial charge in [-0.1, -0.05) is 0 Å². The summed E-state index contributed by atoms with van der Waals surface area (Å²) in [5.41, 5.74) is -0.257. The number of carbonyl (C=O) groups is 1. The number of hydrogen-bond acceptors (Lipinski definition) is 4. The molecule has 7 nitrogen and oxygen atoms in total. The smallest absolute Gasteiger partial charge is 0.480 e. The van der Waals surface area contributed by atoms with E-state index in [1.807, 2.05) is 0 Å². The molecule has 0 aliphatic carbocycles. The molecule has 0 saturated heterocycles. The van der Waals surface area contributed by atoms with Crippen molar-refractivity contribution in [2.24, 2.45) is 0 Å². The van der Waals surface area contributed by atoms with Gasteiger partial charge in [0.05, 0.1) is 10.4 Å². The fraction of sp³-hybridized carbons (Fsp3) is 0.0909. The van der Waals surface area contributed by atoms with Crippen molar-refractivity contribution in [1.82, 2.24) is 4.57 Å². The zero-order chi connectivity index (χ0) is 13.3. The second-order valence-corrected chi connectivity index (χ2v) is 3.66. The summed E-state index contributed by atoms with van der Waals surface area (Å²) in [6.45, 7) is -0.363. The molecule has 1 heterocycles. The molecule has 0 spiro atoms. The third kappa shape index (κ3) is 3.19. The molecule has 1 aromatic carbocycles. The Balaban J connectivity index is 0.00000180. The number of nitrogens with zero attached hydrogens (tertiary/aromatic N) is 2. The molecular weight excluding hydrogens is 263 g/mol. The van der Waals surface area contributed by atoms with Crippen molar-refractivity contribution >= 4 is 22.6 Å². The van der Waals surface area contributed by atoms with Crippen molar-refractivity contribution < 1.29 is 44.4 Å². The molecule has 19 heavy (non-hydrogen) atoms. The van der Waals surface area contributed by atoms with Crippen LogP contribution in [0, 0.1) is 10.1 Å². The summed E-state index contributed by atoms with van der Waals surface area (Å²) in [4.78, 5) is 32.3. The number of non-ortho nitro benzene ring substituents is 1. The van der Waals surface area contributed by atoms with Crippen LogP contribution < -0.4 is 35.0 Å². The van der Waals surface area contributed by atoms with Crippen LogP contribution >= 0.6 is 0 Å². The van der Waals surface area contributed by atoms with E-state index in [1.54, 1.807) is 0 Å². The molecule has 0 atom stereocenters. The van der Waals surface area contributed by atoms with E-state index >= 15 is 0 Å². The molecule has 0 saturated carbocycles. The first-order chi connectivity index (χ1) is 8.49. The quantitative estimate of drug-likeness (QED) is 0.395. The molecule has 2 aromatic rings. The van der Waals surface area contributed by atoms with Gasteiger partial charge in [-0.15, -0.1) is 0 Å². The van der Waals surface area contributed by atoms with Crippen molar-refractivity contribution in [1.29, 1.82) is 0 Å². The summed E-state index contributed by atoms with van der Waals surface area (Å²) in [6.07, 6.45) is 1.31. The normalized spacial score (nSPS) is 9.89. The van der Waals surface area contributed by atoms with Gasteiger partial charge in [-0.3, -0.25) is 19.7 Å². The van der Waals surface area contributed by atoms with Crippen molar-refractivity contribution in [3.63, 3.8) is 0 Å². The monoisotopic (exact) mass is 271 g/mol. The van der Waals surface area contributed by atoms with E-state index in [2.05, 4.69) is 0 Å². The van der Waals surface area contributed by atoms with E-state index in [1.165, 1.54) is 35.0 Å². The van der Waals surface area contributed by atoms with Gasteiger partial charge in [0.1, 0.15) is 6.54 Å². The van der Waals surface area contributed by atoms with Gasteiger partial charge in [0.2, 0.25) is 0 Å². The molecule has 0 fully saturated rings. The molecule has 0 radical (unpaired) electrons. The third-order valence-corrected chi connectivity index (χ3v) is 2.48. The van der Waals surface area contributed by atoms with Crippen LogP contribution in [0.2, 0.25) is 0 Å². The van der Waals surface area contributed by atoms with Crippen LogP contribution in [-0.2, 0) is 11.3 Å². The van der Waals surface area contributed by atoms with Crippen LogP contribution in [0.1, 0.15) is 0 Å². The van der Waals surface area contributed by atoms with Gasteiger partial charge in [0, 0.05) is 29.8 Å².